The molecule has 0 rings (SSSR count). The van der Waals surface area contributed by atoms with Crippen molar-refractivity contribution in [2.75, 3.05) is 13.2 Å². The molecule has 4 N–H and O–H groups in total. The molecule has 6 heteroatoms. The number of hydrogen-bond acceptors (Lipinski definition) is 3. The molecule has 6 nitrogen and oxygen atoms in total. The number of carbonyl (C=O) groups is 2. The van der Waals surface area contributed by atoms with Crippen LogP contribution in [0.2, 0.25) is 0 Å². The summed E-state index contributed by atoms with van der Waals surface area (Å²) in [6, 6.07) is -1.58. The Bertz CT molecular complexity index is 290. The van der Waals surface area contributed by atoms with Gasteiger partial charge in [0.1, 0.15) is 6.04 Å². The minimum atomic E-state index is -1.15. The lowest BCUT2D eigenvalue weighted by atomic mass is 9.81. The zero-order valence-corrected chi connectivity index (χ0v) is 11.5. The summed E-state index contributed by atoms with van der Waals surface area (Å²) in [6.07, 6.45) is -0.00364. The zero-order chi connectivity index (χ0) is 14.3. The SMILES string of the molecule is CC(C)C(C)(C)CNC(=O)NC(CCO)C(=O)O. The lowest BCUT2D eigenvalue weighted by Gasteiger charge is -2.29. The highest BCUT2D eigenvalue weighted by Crippen LogP contribution is 2.24. The number of amides is 2. The molecule has 0 aliphatic heterocycles. The predicted octanol–water partition coefficient (Wildman–Crippen LogP) is 0.803. The highest BCUT2D eigenvalue weighted by molar-refractivity contribution is 5.82. The topological polar surface area (TPSA) is 98.7 Å². The Morgan fingerprint density at radius 3 is 2.22 bits per heavy atom. The van der Waals surface area contributed by atoms with Crippen LogP contribution >= 0.6 is 0 Å². The van der Waals surface area contributed by atoms with E-state index in [0.29, 0.717) is 12.5 Å². The van der Waals surface area contributed by atoms with Crippen LogP contribution in [0.15, 0.2) is 0 Å². The van der Waals surface area contributed by atoms with Crippen LogP contribution in [0.5, 0.6) is 0 Å². The summed E-state index contributed by atoms with van der Waals surface area (Å²) in [4.78, 5) is 22.3. The fraction of sp³-hybridized carbons (Fsp3) is 0.833. The molecule has 106 valence electrons. The Morgan fingerprint density at radius 2 is 1.83 bits per heavy atom. The normalized spacial score (nSPS) is 13.2. The standard InChI is InChI=1S/C12H24N2O4/c1-8(2)12(3,4)7-13-11(18)14-9(5-6-15)10(16)17/h8-9,15H,5-7H2,1-4H3,(H,16,17)(H2,13,14,18). The predicted molar refractivity (Wildman–Crippen MR) is 68.3 cm³/mol. The summed E-state index contributed by atoms with van der Waals surface area (Å²) in [5.41, 5.74) is -0.0625. The average Bonchev–Trinajstić information content (AvgIpc) is 2.25. The van der Waals surface area contributed by atoms with Crippen molar-refractivity contribution in [3.05, 3.63) is 0 Å². The first-order valence-electron chi connectivity index (χ1n) is 6.08. The van der Waals surface area contributed by atoms with E-state index in [-0.39, 0.29) is 18.4 Å². The second-order valence-corrected chi connectivity index (χ2v) is 5.37. The van der Waals surface area contributed by atoms with E-state index in [1.54, 1.807) is 0 Å². The van der Waals surface area contributed by atoms with Crippen LogP contribution in [0.4, 0.5) is 4.79 Å². The molecule has 0 heterocycles. The first-order valence-corrected chi connectivity index (χ1v) is 6.08. The maximum Gasteiger partial charge on any atom is 0.326 e. The monoisotopic (exact) mass is 260 g/mol. The molecule has 2 amide bonds. The van der Waals surface area contributed by atoms with Gasteiger partial charge in [0, 0.05) is 19.6 Å². The Labute approximate surface area is 108 Å². The molecule has 0 spiro atoms. The number of urea groups is 1. The van der Waals surface area contributed by atoms with Crippen molar-refractivity contribution in [1.29, 1.82) is 0 Å². The Morgan fingerprint density at radius 1 is 1.28 bits per heavy atom. The number of carboxylic acid groups (broad SMARTS) is 1. The molecule has 0 fully saturated rings. The molecule has 0 aliphatic carbocycles. The highest BCUT2D eigenvalue weighted by Gasteiger charge is 2.24. The third kappa shape index (κ3) is 5.86. The van der Waals surface area contributed by atoms with Gasteiger partial charge in [-0.05, 0) is 11.3 Å². The van der Waals surface area contributed by atoms with E-state index in [1.165, 1.54) is 0 Å². The molecule has 0 saturated heterocycles. The molecular formula is C12H24N2O4. The van der Waals surface area contributed by atoms with Crippen molar-refractivity contribution in [3.63, 3.8) is 0 Å². The van der Waals surface area contributed by atoms with Gasteiger partial charge in [0.05, 0.1) is 0 Å². The van der Waals surface area contributed by atoms with E-state index in [1.807, 2.05) is 13.8 Å². The number of nitrogens with one attached hydrogen (secondary N) is 2. The van der Waals surface area contributed by atoms with Crippen molar-refractivity contribution >= 4 is 12.0 Å². The highest BCUT2D eigenvalue weighted by atomic mass is 16.4. The van der Waals surface area contributed by atoms with Gasteiger partial charge in [-0.3, -0.25) is 0 Å². The number of aliphatic hydroxyl groups is 1. The van der Waals surface area contributed by atoms with Crippen molar-refractivity contribution in [3.8, 4) is 0 Å². The fourth-order valence-corrected chi connectivity index (χ4v) is 1.11. The van der Waals surface area contributed by atoms with Gasteiger partial charge in [0.15, 0.2) is 0 Å². The quantitative estimate of drug-likeness (QED) is 0.544. The number of hydrogen-bond donors (Lipinski definition) is 4. The van der Waals surface area contributed by atoms with Crippen molar-refractivity contribution in [2.45, 2.75) is 40.2 Å². The molecular weight excluding hydrogens is 236 g/mol. The minimum Gasteiger partial charge on any atom is -0.480 e. The molecule has 0 aromatic carbocycles. The van der Waals surface area contributed by atoms with E-state index in [9.17, 15) is 9.59 Å². The molecule has 0 saturated carbocycles. The number of carbonyl (C=O) groups excluding carboxylic acids is 1. The van der Waals surface area contributed by atoms with Gasteiger partial charge < -0.3 is 20.8 Å². The molecule has 1 unspecified atom stereocenters. The zero-order valence-electron chi connectivity index (χ0n) is 11.5. The lowest BCUT2D eigenvalue weighted by molar-refractivity contribution is -0.139. The van der Waals surface area contributed by atoms with Gasteiger partial charge in [-0.25, -0.2) is 9.59 Å². The van der Waals surface area contributed by atoms with Crippen molar-refractivity contribution < 1.29 is 19.8 Å². The molecule has 0 bridgehead atoms. The van der Waals surface area contributed by atoms with Gasteiger partial charge in [-0.2, -0.15) is 0 Å². The summed E-state index contributed by atoms with van der Waals surface area (Å²) in [5, 5.41) is 22.5. The molecule has 1 atom stereocenters. The van der Waals surface area contributed by atoms with Crippen LogP contribution in [0.1, 0.15) is 34.1 Å². The first kappa shape index (κ1) is 16.7. The summed E-state index contributed by atoms with van der Waals surface area (Å²) in [5.74, 6) is -0.757. The maximum absolute atomic E-state index is 11.5. The fourth-order valence-electron chi connectivity index (χ4n) is 1.11. The third-order valence-electron chi connectivity index (χ3n) is 3.29. The average molecular weight is 260 g/mol. The molecule has 0 radical (unpaired) electrons. The van der Waals surface area contributed by atoms with Crippen LogP contribution in [-0.4, -0.2) is 41.4 Å². The smallest absolute Gasteiger partial charge is 0.326 e. The maximum atomic E-state index is 11.5. The van der Waals surface area contributed by atoms with Crippen LogP contribution in [0, 0.1) is 11.3 Å². The molecule has 0 aromatic rings. The van der Waals surface area contributed by atoms with Gasteiger partial charge >= 0.3 is 12.0 Å². The molecule has 0 aromatic heterocycles. The second-order valence-electron chi connectivity index (χ2n) is 5.37. The van der Waals surface area contributed by atoms with Crippen molar-refractivity contribution in [1.82, 2.24) is 10.6 Å². The molecule has 18 heavy (non-hydrogen) atoms. The van der Waals surface area contributed by atoms with E-state index in [2.05, 4.69) is 24.5 Å². The van der Waals surface area contributed by atoms with E-state index >= 15 is 0 Å². The Balaban J connectivity index is 4.22. The third-order valence-corrected chi connectivity index (χ3v) is 3.29. The number of rotatable bonds is 7. The largest absolute Gasteiger partial charge is 0.480 e. The minimum absolute atomic E-state index is 0.00364. The van der Waals surface area contributed by atoms with E-state index < -0.39 is 18.0 Å². The van der Waals surface area contributed by atoms with Crippen molar-refractivity contribution in [2.24, 2.45) is 11.3 Å². The Kier molecular flexibility index (Phi) is 6.68. The summed E-state index contributed by atoms with van der Waals surface area (Å²) in [7, 11) is 0. The number of aliphatic hydroxyl groups excluding tert-OH is 1. The van der Waals surface area contributed by atoms with Gasteiger partial charge in [-0.15, -0.1) is 0 Å². The van der Waals surface area contributed by atoms with Gasteiger partial charge in [0.25, 0.3) is 0 Å². The van der Waals surface area contributed by atoms with Crippen LogP contribution in [0.3, 0.4) is 0 Å². The van der Waals surface area contributed by atoms with Crippen LogP contribution in [0.25, 0.3) is 0 Å². The lowest BCUT2D eigenvalue weighted by Crippen LogP contribution is -2.48. The van der Waals surface area contributed by atoms with E-state index in [4.69, 9.17) is 10.2 Å². The summed E-state index contributed by atoms with van der Waals surface area (Å²) < 4.78 is 0. The van der Waals surface area contributed by atoms with Gasteiger partial charge in [0.2, 0.25) is 0 Å². The molecule has 0 aliphatic rings. The number of carboxylic acids is 1. The number of aliphatic carboxylic acids is 1. The van der Waals surface area contributed by atoms with Gasteiger partial charge in [-0.1, -0.05) is 27.7 Å². The first-order chi connectivity index (χ1) is 8.20. The van der Waals surface area contributed by atoms with E-state index in [0.717, 1.165) is 0 Å². The summed E-state index contributed by atoms with van der Waals surface area (Å²) in [6.45, 7) is 8.36. The second kappa shape index (κ2) is 7.20. The van der Waals surface area contributed by atoms with Crippen LogP contribution < -0.4 is 10.6 Å². The Hall–Kier alpha value is -1.30. The van der Waals surface area contributed by atoms with Crippen LogP contribution in [-0.2, 0) is 4.79 Å². The summed E-state index contributed by atoms with van der Waals surface area (Å²) >= 11 is 0.